The molecule has 0 atom stereocenters. The standard InChI is InChI=1S/C14H14N2O2/c17-13-9-11-8-10(4-5-12(11)15-13)14(18)16-6-2-1-3-7-16/h1-2,4-5,8H,3,6-7,9H2,(H,15,17). The van der Waals surface area contributed by atoms with Gasteiger partial charge in [0.05, 0.1) is 6.42 Å². The van der Waals surface area contributed by atoms with Crippen LogP contribution >= 0.6 is 0 Å². The van der Waals surface area contributed by atoms with Gasteiger partial charge in [0, 0.05) is 24.3 Å². The predicted molar refractivity (Wildman–Crippen MR) is 68.4 cm³/mol. The van der Waals surface area contributed by atoms with Gasteiger partial charge in [0.1, 0.15) is 0 Å². The summed E-state index contributed by atoms with van der Waals surface area (Å²) in [6, 6.07) is 5.42. The molecule has 0 bridgehead atoms. The van der Waals surface area contributed by atoms with Gasteiger partial charge in [0.25, 0.3) is 5.91 Å². The molecule has 2 aliphatic rings. The van der Waals surface area contributed by atoms with E-state index in [9.17, 15) is 9.59 Å². The van der Waals surface area contributed by atoms with Crippen molar-refractivity contribution >= 4 is 17.5 Å². The second kappa shape index (κ2) is 4.29. The highest BCUT2D eigenvalue weighted by Crippen LogP contribution is 2.24. The first kappa shape index (κ1) is 11.0. The number of anilines is 1. The second-order valence-corrected chi connectivity index (χ2v) is 4.61. The van der Waals surface area contributed by atoms with Crippen molar-refractivity contribution in [3.05, 3.63) is 41.5 Å². The average molecular weight is 242 g/mol. The molecule has 18 heavy (non-hydrogen) atoms. The van der Waals surface area contributed by atoms with Crippen LogP contribution < -0.4 is 5.32 Å². The number of carbonyl (C=O) groups is 2. The van der Waals surface area contributed by atoms with Gasteiger partial charge in [-0.1, -0.05) is 12.2 Å². The summed E-state index contributed by atoms with van der Waals surface area (Å²) in [5.74, 6) is 0.0389. The van der Waals surface area contributed by atoms with Crippen molar-refractivity contribution < 1.29 is 9.59 Å². The summed E-state index contributed by atoms with van der Waals surface area (Å²) >= 11 is 0. The minimum absolute atomic E-state index is 0.00416. The number of hydrogen-bond donors (Lipinski definition) is 1. The molecule has 92 valence electrons. The smallest absolute Gasteiger partial charge is 0.254 e. The molecule has 0 spiro atoms. The van der Waals surface area contributed by atoms with Crippen LogP contribution in [0, 0.1) is 0 Å². The first-order valence-electron chi connectivity index (χ1n) is 6.11. The first-order valence-corrected chi connectivity index (χ1v) is 6.11. The van der Waals surface area contributed by atoms with Gasteiger partial charge in [-0.2, -0.15) is 0 Å². The van der Waals surface area contributed by atoms with Crippen molar-refractivity contribution in [3.8, 4) is 0 Å². The van der Waals surface area contributed by atoms with Crippen LogP contribution in [0.2, 0.25) is 0 Å². The van der Waals surface area contributed by atoms with E-state index in [1.807, 2.05) is 23.1 Å². The Labute approximate surface area is 105 Å². The minimum Gasteiger partial charge on any atom is -0.335 e. The lowest BCUT2D eigenvalue weighted by Crippen LogP contribution is -2.33. The van der Waals surface area contributed by atoms with Gasteiger partial charge in [-0.15, -0.1) is 0 Å². The topological polar surface area (TPSA) is 49.4 Å². The fourth-order valence-electron chi connectivity index (χ4n) is 2.37. The zero-order valence-corrected chi connectivity index (χ0v) is 9.98. The molecule has 4 nitrogen and oxygen atoms in total. The Hall–Kier alpha value is -2.10. The molecular weight excluding hydrogens is 228 g/mol. The second-order valence-electron chi connectivity index (χ2n) is 4.61. The number of nitrogens with one attached hydrogen (secondary N) is 1. The third kappa shape index (κ3) is 1.90. The zero-order valence-electron chi connectivity index (χ0n) is 9.98. The van der Waals surface area contributed by atoms with E-state index in [-0.39, 0.29) is 11.8 Å². The highest BCUT2D eigenvalue weighted by molar-refractivity contribution is 6.01. The molecule has 0 aliphatic carbocycles. The maximum absolute atomic E-state index is 12.3. The number of carbonyl (C=O) groups excluding carboxylic acids is 2. The minimum atomic E-state index is -0.00416. The van der Waals surface area contributed by atoms with Crippen molar-refractivity contribution in [1.82, 2.24) is 4.90 Å². The van der Waals surface area contributed by atoms with Crippen LogP contribution in [-0.2, 0) is 11.2 Å². The molecule has 0 saturated carbocycles. The van der Waals surface area contributed by atoms with Gasteiger partial charge >= 0.3 is 0 Å². The number of nitrogens with zero attached hydrogens (tertiary/aromatic N) is 1. The van der Waals surface area contributed by atoms with E-state index in [1.54, 1.807) is 6.07 Å². The van der Waals surface area contributed by atoms with Gasteiger partial charge in [-0.3, -0.25) is 9.59 Å². The Morgan fingerprint density at radius 1 is 1.28 bits per heavy atom. The quantitative estimate of drug-likeness (QED) is 0.760. The van der Waals surface area contributed by atoms with E-state index in [0.29, 0.717) is 18.5 Å². The maximum Gasteiger partial charge on any atom is 0.254 e. The normalized spacial score (nSPS) is 17.6. The molecule has 0 unspecified atom stereocenters. The number of benzene rings is 1. The van der Waals surface area contributed by atoms with Crippen LogP contribution in [0.15, 0.2) is 30.4 Å². The molecule has 2 heterocycles. The van der Waals surface area contributed by atoms with E-state index in [4.69, 9.17) is 0 Å². The zero-order chi connectivity index (χ0) is 12.5. The maximum atomic E-state index is 12.3. The lowest BCUT2D eigenvalue weighted by atomic mass is 10.1. The fourth-order valence-corrected chi connectivity index (χ4v) is 2.37. The third-order valence-electron chi connectivity index (χ3n) is 3.32. The molecule has 1 aromatic rings. The van der Waals surface area contributed by atoms with Crippen LogP contribution in [0.25, 0.3) is 0 Å². The van der Waals surface area contributed by atoms with Gasteiger partial charge in [-0.05, 0) is 30.2 Å². The molecule has 1 N–H and O–H groups in total. The highest BCUT2D eigenvalue weighted by atomic mass is 16.2. The third-order valence-corrected chi connectivity index (χ3v) is 3.32. The molecule has 4 heteroatoms. The van der Waals surface area contributed by atoms with E-state index in [0.717, 1.165) is 24.2 Å². The Morgan fingerprint density at radius 2 is 2.17 bits per heavy atom. The van der Waals surface area contributed by atoms with E-state index in [2.05, 4.69) is 11.4 Å². The Kier molecular flexibility index (Phi) is 2.63. The Bertz CT molecular complexity index is 549. The van der Waals surface area contributed by atoms with E-state index >= 15 is 0 Å². The Balaban J connectivity index is 1.85. The van der Waals surface area contributed by atoms with E-state index < -0.39 is 0 Å². The number of hydrogen-bond acceptors (Lipinski definition) is 2. The molecule has 0 fully saturated rings. The largest absolute Gasteiger partial charge is 0.335 e. The number of amides is 2. The van der Waals surface area contributed by atoms with Crippen molar-refractivity contribution in [2.75, 3.05) is 18.4 Å². The van der Waals surface area contributed by atoms with Crippen molar-refractivity contribution in [2.45, 2.75) is 12.8 Å². The van der Waals surface area contributed by atoms with Gasteiger partial charge in [-0.25, -0.2) is 0 Å². The summed E-state index contributed by atoms with van der Waals surface area (Å²) in [6.45, 7) is 1.44. The van der Waals surface area contributed by atoms with Crippen LogP contribution in [-0.4, -0.2) is 29.8 Å². The number of fused-ring (bicyclic) bond motifs is 1. The summed E-state index contributed by atoms with van der Waals surface area (Å²) < 4.78 is 0. The predicted octanol–water partition coefficient (Wildman–Crippen LogP) is 1.58. The molecule has 0 aromatic heterocycles. The molecule has 0 saturated heterocycles. The molecule has 1 aromatic carbocycles. The average Bonchev–Trinajstić information content (AvgIpc) is 2.78. The summed E-state index contributed by atoms with van der Waals surface area (Å²) in [5.41, 5.74) is 2.41. The SMILES string of the molecule is O=C1Cc2cc(C(=O)N3CC=CCC3)ccc2N1. The monoisotopic (exact) mass is 242 g/mol. The molecule has 3 rings (SSSR count). The van der Waals surface area contributed by atoms with Gasteiger partial charge in [0.2, 0.25) is 5.91 Å². The highest BCUT2D eigenvalue weighted by Gasteiger charge is 2.21. The fraction of sp³-hybridized carbons (Fsp3) is 0.286. The summed E-state index contributed by atoms with van der Waals surface area (Å²) in [6.07, 6.45) is 5.39. The summed E-state index contributed by atoms with van der Waals surface area (Å²) in [4.78, 5) is 25.4. The van der Waals surface area contributed by atoms with Crippen molar-refractivity contribution in [2.24, 2.45) is 0 Å². The lowest BCUT2D eigenvalue weighted by molar-refractivity contribution is -0.115. The molecular formula is C14H14N2O2. The van der Waals surface area contributed by atoms with Gasteiger partial charge < -0.3 is 10.2 Å². The summed E-state index contributed by atoms with van der Waals surface area (Å²) in [7, 11) is 0. The first-order chi connectivity index (χ1) is 8.74. The molecule has 0 radical (unpaired) electrons. The van der Waals surface area contributed by atoms with Crippen LogP contribution in [0.5, 0.6) is 0 Å². The summed E-state index contributed by atoms with van der Waals surface area (Å²) in [5, 5.41) is 2.77. The van der Waals surface area contributed by atoms with Gasteiger partial charge in [0.15, 0.2) is 0 Å². The van der Waals surface area contributed by atoms with E-state index in [1.165, 1.54) is 0 Å². The van der Waals surface area contributed by atoms with Crippen molar-refractivity contribution in [1.29, 1.82) is 0 Å². The lowest BCUT2D eigenvalue weighted by Gasteiger charge is -2.23. The number of rotatable bonds is 1. The molecule has 2 amide bonds. The molecule has 2 aliphatic heterocycles. The van der Waals surface area contributed by atoms with Crippen LogP contribution in [0.4, 0.5) is 5.69 Å². The van der Waals surface area contributed by atoms with Crippen LogP contribution in [0.3, 0.4) is 0 Å². The Morgan fingerprint density at radius 3 is 2.94 bits per heavy atom. The van der Waals surface area contributed by atoms with Crippen LogP contribution in [0.1, 0.15) is 22.3 Å². The van der Waals surface area contributed by atoms with Crippen molar-refractivity contribution in [3.63, 3.8) is 0 Å².